The van der Waals surface area contributed by atoms with Crippen LogP contribution in [0.2, 0.25) is 0 Å². The molecule has 0 aromatic rings. The van der Waals surface area contributed by atoms with Crippen molar-refractivity contribution in [3.63, 3.8) is 0 Å². The minimum Gasteiger partial charge on any atom is -0.255 e. The van der Waals surface area contributed by atoms with Crippen LogP contribution in [-0.2, 0) is 0 Å². The van der Waals surface area contributed by atoms with E-state index in [2.05, 4.69) is 0 Å². The van der Waals surface area contributed by atoms with Crippen molar-refractivity contribution in [1.29, 1.82) is 0 Å². The van der Waals surface area contributed by atoms with Crippen LogP contribution in [0, 0.1) is 0 Å². The van der Waals surface area contributed by atoms with Crippen molar-refractivity contribution >= 4 is 0 Å². The van der Waals surface area contributed by atoms with E-state index in [0.717, 1.165) is 0 Å². The first-order valence-electron chi connectivity index (χ1n) is 18.8. The van der Waals surface area contributed by atoms with Crippen molar-refractivity contribution in [2.45, 2.75) is 0 Å². The summed E-state index contributed by atoms with van der Waals surface area (Å²) in [5.74, 6) is 0. The van der Waals surface area contributed by atoms with Gasteiger partial charge in [0.2, 0.25) is 0 Å². The fraction of sp³-hybridized carbons (Fsp3) is 1.00. The largest absolute Gasteiger partial charge is 0.255 e. The molecule has 0 aliphatic heterocycles. The average Bonchev–Trinajstić information content (AvgIpc) is 3.84. The molecule has 0 saturated heterocycles. The van der Waals surface area contributed by atoms with Gasteiger partial charge in [0.1, 0.15) is 0 Å². The molecule has 47 heteroatoms. The van der Waals surface area contributed by atoms with Crippen molar-refractivity contribution in [3.05, 3.63) is 0 Å². The van der Waals surface area contributed by atoms with Gasteiger partial charge in [0.25, 0.3) is 0 Å². The van der Waals surface area contributed by atoms with E-state index in [1.807, 2.05) is 0 Å². The van der Waals surface area contributed by atoms with Crippen LogP contribution in [0.3, 0.4) is 0 Å². The lowest BCUT2D eigenvalue weighted by Crippen LogP contribution is -0.939. The molecule has 0 N–H and O–H groups in total. The highest BCUT2D eigenvalue weighted by molar-refractivity contribution is 3.31. The van der Waals surface area contributed by atoms with Crippen LogP contribution in [0.5, 0.6) is 0 Å². The molecular weight excluding hydrogens is 1460 g/mol. The molecule has 0 aromatic carbocycles. The third kappa shape index (κ3) is 63000. The Bertz CT molecular complexity index is 113. The van der Waals surface area contributed by atoms with Crippen molar-refractivity contribution in [3.8, 4) is 0 Å². The fourth-order valence-electron chi connectivity index (χ4n) is 0. The molecule has 0 unspecified atom stereocenters. The van der Waals surface area contributed by atoms with E-state index in [9.17, 15) is 206 Å². The zero-order chi connectivity index (χ0) is 96.0. The maximum absolute atomic E-state index is 9.50. The highest BCUT2D eigenvalue weighted by Gasteiger charge is 1.02. The third-order valence-electron chi connectivity index (χ3n) is 0. The first kappa shape index (κ1) is 365. The minimum atomic E-state index is 0. The molecule has 0 rings (SSSR count). The minimum absolute atomic E-state index is 0. The van der Waals surface area contributed by atoms with Gasteiger partial charge in [-0.25, -0.2) is 0 Å². The Hall–Kier alpha value is -3.29. The molecule has 0 aliphatic rings. The van der Waals surface area contributed by atoms with Gasteiger partial charge in [-0.05, 0) is 0 Å². The van der Waals surface area contributed by atoms with Gasteiger partial charge in [0.05, 0.1) is 337 Å². The van der Waals surface area contributed by atoms with Crippen LogP contribution in [0.15, 0.2) is 0 Å². The summed E-state index contributed by atoms with van der Waals surface area (Å²) in [6, 6.07) is 0. The highest BCUT2D eigenvalue weighted by atomic mass is 19.2. The number of alkyl halides is 47. The van der Waals surface area contributed by atoms with E-state index in [0.29, 0.717) is 337 Å². The summed E-state index contributed by atoms with van der Waals surface area (Å²) in [5.41, 5.74) is 0. The second-order valence-electron chi connectivity index (χ2n) is 0. The van der Waals surface area contributed by atoms with Crippen LogP contribution < -0.4 is 0 Å². The molecule has 0 spiro atoms. The van der Waals surface area contributed by atoms with Crippen molar-refractivity contribution in [2.24, 2.45) is 0 Å². The third-order valence-corrected chi connectivity index (χ3v) is 0. The molecule has 0 atom stereocenters. The molecule has 0 radical (unpaired) electrons. The van der Waals surface area contributed by atoms with E-state index < -0.39 is 0 Å². The molecule has 0 nitrogen and oxygen atoms in total. The smallest absolute Gasteiger partial charge is 0.0785 e. The van der Waals surface area contributed by atoms with E-state index in [4.69, 9.17) is 2.97 Å². The summed E-state index contributed by atoms with van der Waals surface area (Å²) >= 11 is 0. The Labute approximate surface area is 548 Å². The molecular formula is C47H145F47. The molecule has 0 heterocycles. The molecule has 0 amide bonds. The number of halogens is 47. The van der Waals surface area contributed by atoms with Crippen molar-refractivity contribution < 1.29 is 211 Å². The number of hydrogen-bond donors (Lipinski definition) is 0. The zero-order valence-electron chi connectivity index (χ0n) is 66.8. The van der Waals surface area contributed by atoms with Crippen LogP contribution in [0.4, 0.5) is 206 Å². The summed E-state index contributed by atoms with van der Waals surface area (Å²) < 4.78 is 456. The van der Waals surface area contributed by atoms with E-state index in [1.165, 1.54) is 0 Å². The van der Waals surface area contributed by atoms with Gasteiger partial charge < -0.3 is 0 Å². The molecule has 662 valence electrons. The molecule has 0 saturated carbocycles. The topological polar surface area (TPSA) is 0 Å². The van der Waals surface area contributed by atoms with Crippen LogP contribution in [0.25, 0.3) is 0 Å². The maximum atomic E-state index is 9.50. The standard InChI is InChI=1S/47CH3F.2H2/c47*1-2;;/h47*1H3;2*1H/i;;;;;;;;;;;;;;;;;;;;;;;;;;;;;;;;;;;;;;;;;;;;;;;1+2D;1+2. The van der Waals surface area contributed by atoms with Crippen LogP contribution >= 0.6 is 0 Å². The van der Waals surface area contributed by atoms with Gasteiger partial charge in [-0.15, -0.1) is 0 Å². The van der Waals surface area contributed by atoms with Crippen LogP contribution in [0.1, 0.15) is 4.40 Å². The normalized spacial score (nSPS) is 3.09. The Morgan fingerprint density at radius 1 is 0.0638 bits per heavy atom. The Balaban J connectivity index is -0.00000000516. The monoisotopic (exact) mass is 1610 g/mol. The number of hydrogen-bond acceptors (Lipinski definition) is 0. The Morgan fingerprint density at radius 2 is 0.0638 bits per heavy atom. The lowest BCUT2D eigenvalue weighted by molar-refractivity contribution is 0.635. The lowest BCUT2D eigenvalue weighted by atomic mass is 11.9. The van der Waals surface area contributed by atoms with Crippen molar-refractivity contribution in [1.82, 2.24) is 0 Å². The Kier molecular flexibility index (Phi) is 253000. The van der Waals surface area contributed by atoms with Gasteiger partial charge in [-0.2, -0.15) is 0 Å². The van der Waals surface area contributed by atoms with Crippen molar-refractivity contribution in [2.75, 3.05) is 337 Å². The van der Waals surface area contributed by atoms with Gasteiger partial charge in [-0.3, -0.25) is 206 Å². The van der Waals surface area contributed by atoms with E-state index in [-0.39, 0.29) is 1.43 Å². The summed E-state index contributed by atoms with van der Waals surface area (Å²) in [7, 11) is 23.5. The quantitative estimate of drug-likeness (QED) is 0.212. The van der Waals surface area contributed by atoms with Gasteiger partial charge in [-0.1, -0.05) is 0 Å². The fourth-order valence-corrected chi connectivity index (χ4v) is 0. The zero-order valence-corrected chi connectivity index (χ0v) is 64.8. The van der Waals surface area contributed by atoms with Gasteiger partial charge in [0, 0.05) is 4.40 Å². The summed E-state index contributed by atoms with van der Waals surface area (Å²) in [6.07, 6.45) is 0. The first-order valence-corrected chi connectivity index (χ1v) is 17.8. The molecule has 94 heavy (non-hydrogen) atoms. The second kappa shape index (κ2) is 65200. The van der Waals surface area contributed by atoms with E-state index in [1.54, 1.807) is 0 Å². The first-order chi connectivity index (χ1) is 48.0. The second-order valence-corrected chi connectivity index (χ2v) is 0. The average molecular weight is 1610 g/mol. The Morgan fingerprint density at radius 3 is 0.0638 bits per heavy atom. The highest BCUT2D eigenvalue weighted by Crippen LogP contribution is 1.25. The summed E-state index contributed by atoms with van der Waals surface area (Å²) in [6.45, 7) is 0. The molecule has 0 bridgehead atoms. The SMILES string of the molecule is CF.CF.CF.CF.CF.CF.CF.CF.CF.CF.CF.CF.CF.CF.CF.CF.CF.CF.CF.CF.CF.CF.CF.CF.CF.CF.CF.CF.CF.CF.CF.CF.CF.CF.CF.CF.CF.CF.CF.CF.CF.CF.CF.CF.CF.CF.CF.[2H][3H].[3HH]. The van der Waals surface area contributed by atoms with Gasteiger partial charge >= 0.3 is 0 Å². The molecule has 0 aromatic heterocycles. The predicted molar refractivity (Wildman–Crippen MR) is 335 cm³/mol. The number of rotatable bonds is 0. The molecule has 0 fully saturated rings. The lowest BCUT2D eigenvalue weighted by Gasteiger charge is -1.10. The summed E-state index contributed by atoms with van der Waals surface area (Å²) in [5, 5.41) is 0. The molecule has 0 aliphatic carbocycles. The van der Waals surface area contributed by atoms with E-state index >= 15 is 0 Å². The maximum Gasteiger partial charge on any atom is 0.0785 e. The summed E-state index contributed by atoms with van der Waals surface area (Å²) in [4.78, 5) is 0. The van der Waals surface area contributed by atoms with Crippen LogP contribution in [-0.4, -0.2) is 337 Å². The van der Waals surface area contributed by atoms with Gasteiger partial charge in [0.15, 0.2) is 0 Å². The predicted octanol–water partition coefficient (Wildman–Crippen LogP) is 28.0.